The summed E-state index contributed by atoms with van der Waals surface area (Å²) < 4.78 is 5.53. The van der Waals surface area contributed by atoms with Gasteiger partial charge in [-0.25, -0.2) is 0 Å². The Hall–Kier alpha value is -2.56. The fourth-order valence-corrected chi connectivity index (χ4v) is 2.85. The van der Waals surface area contributed by atoms with Crippen molar-refractivity contribution in [1.82, 2.24) is 10.2 Å². The van der Waals surface area contributed by atoms with Crippen molar-refractivity contribution in [1.29, 1.82) is 0 Å². The van der Waals surface area contributed by atoms with Gasteiger partial charge in [0.2, 0.25) is 11.8 Å². The third kappa shape index (κ3) is 3.62. The number of hydrogen-bond acceptors (Lipinski definition) is 3. The van der Waals surface area contributed by atoms with E-state index in [9.17, 15) is 9.59 Å². The molecule has 23 heavy (non-hydrogen) atoms. The summed E-state index contributed by atoms with van der Waals surface area (Å²) in [6, 6.07) is 13.0. The number of nitrogens with zero attached hydrogens (tertiary/aromatic N) is 1. The first-order valence-corrected chi connectivity index (χ1v) is 7.80. The average Bonchev–Trinajstić information content (AvgIpc) is 3.13. The first-order chi connectivity index (χ1) is 11.1. The van der Waals surface area contributed by atoms with E-state index in [-0.39, 0.29) is 11.8 Å². The Morgan fingerprint density at radius 2 is 2.04 bits per heavy atom. The molecule has 1 fully saturated rings. The molecule has 0 aliphatic carbocycles. The minimum Gasteiger partial charge on any atom is -0.464 e. The average molecular weight is 312 g/mol. The van der Waals surface area contributed by atoms with Crippen LogP contribution in [0.2, 0.25) is 0 Å². The molecule has 5 heteroatoms. The summed E-state index contributed by atoms with van der Waals surface area (Å²) >= 11 is 0. The van der Waals surface area contributed by atoms with Crippen LogP contribution in [-0.2, 0) is 22.7 Å². The minimum atomic E-state index is -0.420. The molecule has 2 aromatic rings. The fraction of sp³-hybridized carbons (Fsp3) is 0.333. The van der Waals surface area contributed by atoms with Gasteiger partial charge in [-0.3, -0.25) is 9.59 Å². The Labute approximate surface area is 135 Å². The lowest BCUT2D eigenvalue weighted by atomic mass is 10.2. The number of rotatable bonds is 5. The van der Waals surface area contributed by atoms with Crippen molar-refractivity contribution in [2.45, 2.75) is 38.9 Å². The highest BCUT2D eigenvalue weighted by Crippen LogP contribution is 2.22. The van der Waals surface area contributed by atoms with Gasteiger partial charge in [-0.15, -0.1) is 0 Å². The molecule has 1 unspecified atom stereocenters. The Bertz CT molecular complexity index is 693. The minimum absolute atomic E-state index is 0.00101. The van der Waals surface area contributed by atoms with Gasteiger partial charge < -0.3 is 14.6 Å². The van der Waals surface area contributed by atoms with Crippen LogP contribution >= 0.6 is 0 Å². The molecule has 0 radical (unpaired) electrons. The van der Waals surface area contributed by atoms with Gasteiger partial charge in [0, 0.05) is 13.0 Å². The lowest BCUT2D eigenvalue weighted by molar-refractivity contribution is -0.136. The maximum absolute atomic E-state index is 12.4. The van der Waals surface area contributed by atoms with E-state index in [1.54, 1.807) is 4.90 Å². The summed E-state index contributed by atoms with van der Waals surface area (Å²) in [6.07, 6.45) is 0.961. The van der Waals surface area contributed by atoms with Gasteiger partial charge in [0.25, 0.3) is 0 Å². The summed E-state index contributed by atoms with van der Waals surface area (Å²) in [5.41, 5.74) is 1.04. The maximum Gasteiger partial charge on any atom is 0.243 e. The number of aryl methyl sites for hydroxylation is 1. The van der Waals surface area contributed by atoms with Crippen molar-refractivity contribution in [3.8, 4) is 0 Å². The number of carbonyl (C=O) groups is 2. The molecule has 1 atom stereocenters. The Morgan fingerprint density at radius 3 is 2.74 bits per heavy atom. The highest BCUT2D eigenvalue weighted by molar-refractivity contribution is 5.90. The third-order valence-corrected chi connectivity index (χ3v) is 4.06. The number of nitrogens with one attached hydrogen (secondary N) is 1. The van der Waals surface area contributed by atoms with Crippen LogP contribution in [0.15, 0.2) is 46.9 Å². The molecule has 120 valence electrons. The molecule has 0 bridgehead atoms. The van der Waals surface area contributed by atoms with Crippen LogP contribution in [-0.4, -0.2) is 22.8 Å². The van der Waals surface area contributed by atoms with E-state index in [1.807, 2.05) is 49.4 Å². The molecule has 1 N–H and O–H groups in total. The number of benzene rings is 1. The van der Waals surface area contributed by atoms with E-state index >= 15 is 0 Å². The molecule has 1 aliphatic heterocycles. The molecule has 2 heterocycles. The van der Waals surface area contributed by atoms with Crippen LogP contribution in [0.4, 0.5) is 0 Å². The Balaban J connectivity index is 1.62. The maximum atomic E-state index is 12.4. The quantitative estimate of drug-likeness (QED) is 0.922. The molecule has 2 amide bonds. The topological polar surface area (TPSA) is 62.6 Å². The molecular weight excluding hydrogens is 292 g/mol. The second-order valence-electron chi connectivity index (χ2n) is 5.79. The van der Waals surface area contributed by atoms with E-state index in [1.165, 1.54) is 0 Å². The SMILES string of the molecule is Cc1ccc(CN2C(=O)CCC2C(=O)NCc2ccccc2)o1. The molecule has 1 aliphatic rings. The van der Waals surface area contributed by atoms with Crippen LogP contribution < -0.4 is 5.32 Å². The Morgan fingerprint density at radius 1 is 1.26 bits per heavy atom. The second-order valence-corrected chi connectivity index (χ2v) is 5.79. The summed E-state index contributed by atoms with van der Waals surface area (Å²) in [7, 11) is 0. The van der Waals surface area contributed by atoms with Crippen molar-refractivity contribution in [3.63, 3.8) is 0 Å². The largest absolute Gasteiger partial charge is 0.464 e. The van der Waals surface area contributed by atoms with E-state index in [0.717, 1.165) is 11.3 Å². The monoisotopic (exact) mass is 312 g/mol. The number of furan rings is 1. The summed E-state index contributed by atoms with van der Waals surface area (Å²) in [5, 5.41) is 2.92. The summed E-state index contributed by atoms with van der Waals surface area (Å²) in [6.45, 7) is 2.67. The normalized spacial score (nSPS) is 17.5. The molecule has 1 aromatic heterocycles. The van der Waals surface area contributed by atoms with Gasteiger partial charge in [-0.1, -0.05) is 30.3 Å². The van der Waals surface area contributed by atoms with Crippen molar-refractivity contribution in [2.75, 3.05) is 0 Å². The zero-order valence-electron chi connectivity index (χ0n) is 13.1. The molecule has 3 rings (SSSR count). The number of hydrogen-bond donors (Lipinski definition) is 1. The molecule has 0 spiro atoms. The van der Waals surface area contributed by atoms with Crippen LogP contribution in [0.1, 0.15) is 29.9 Å². The van der Waals surface area contributed by atoms with E-state index < -0.39 is 6.04 Å². The van der Waals surface area contributed by atoms with Crippen LogP contribution in [0.3, 0.4) is 0 Å². The number of amides is 2. The van der Waals surface area contributed by atoms with Crippen molar-refractivity contribution >= 4 is 11.8 Å². The lowest BCUT2D eigenvalue weighted by Crippen LogP contribution is -2.44. The molecular formula is C18H20N2O3. The number of carbonyl (C=O) groups excluding carboxylic acids is 2. The highest BCUT2D eigenvalue weighted by Gasteiger charge is 2.36. The van der Waals surface area contributed by atoms with E-state index in [2.05, 4.69) is 5.32 Å². The third-order valence-electron chi connectivity index (χ3n) is 4.06. The summed E-state index contributed by atoms with van der Waals surface area (Å²) in [4.78, 5) is 26.1. The highest BCUT2D eigenvalue weighted by atomic mass is 16.3. The predicted octanol–water partition coefficient (Wildman–Crippen LogP) is 2.40. The molecule has 1 saturated heterocycles. The van der Waals surface area contributed by atoms with Gasteiger partial charge in [-0.05, 0) is 31.0 Å². The van der Waals surface area contributed by atoms with Gasteiger partial charge in [-0.2, -0.15) is 0 Å². The zero-order valence-corrected chi connectivity index (χ0v) is 13.1. The van der Waals surface area contributed by atoms with Gasteiger partial charge in [0.05, 0.1) is 6.54 Å². The molecule has 5 nitrogen and oxygen atoms in total. The standard InChI is InChI=1S/C18H20N2O3/c1-13-7-8-15(23-13)12-20-16(9-10-17(20)21)18(22)19-11-14-5-3-2-4-6-14/h2-8,16H,9-12H2,1H3,(H,19,22). The fourth-order valence-electron chi connectivity index (χ4n) is 2.85. The van der Waals surface area contributed by atoms with E-state index in [4.69, 9.17) is 4.42 Å². The predicted molar refractivity (Wildman–Crippen MR) is 85.3 cm³/mol. The summed E-state index contributed by atoms with van der Waals surface area (Å²) in [5.74, 6) is 1.40. The van der Waals surface area contributed by atoms with Crippen LogP contribution in [0.5, 0.6) is 0 Å². The number of likely N-dealkylation sites (tertiary alicyclic amines) is 1. The first-order valence-electron chi connectivity index (χ1n) is 7.80. The lowest BCUT2D eigenvalue weighted by Gasteiger charge is -2.23. The Kier molecular flexibility index (Phi) is 4.46. The van der Waals surface area contributed by atoms with Crippen molar-refractivity contribution < 1.29 is 14.0 Å². The van der Waals surface area contributed by atoms with Gasteiger partial charge >= 0.3 is 0 Å². The van der Waals surface area contributed by atoms with Crippen LogP contribution in [0.25, 0.3) is 0 Å². The smallest absolute Gasteiger partial charge is 0.243 e. The van der Waals surface area contributed by atoms with Crippen molar-refractivity contribution in [2.24, 2.45) is 0 Å². The van der Waals surface area contributed by atoms with Crippen molar-refractivity contribution in [3.05, 3.63) is 59.5 Å². The zero-order chi connectivity index (χ0) is 16.2. The van der Waals surface area contributed by atoms with Gasteiger partial charge in [0.1, 0.15) is 17.6 Å². The first kappa shape index (κ1) is 15.3. The van der Waals surface area contributed by atoms with E-state index in [0.29, 0.717) is 31.7 Å². The molecule has 0 saturated carbocycles. The molecule has 1 aromatic carbocycles. The van der Waals surface area contributed by atoms with Gasteiger partial charge in [0.15, 0.2) is 0 Å². The van der Waals surface area contributed by atoms with Crippen LogP contribution in [0, 0.1) is 6.92 Å². The second kappa shape index (κ2) is 6.69.